The van der Waals surface area contributed by atoms with Crippen molar-refractivity contribution in [3.8, 4) is 55.6 Å². The molecule has 0 saturated carbocycles. The fourth-order valence-electron chi connectivity index (χ4n) is 9.58. The molecule has 1 spiro atoms. The summed E-state index contributed by atoms with van der Waals surface area (Å²) >= 11 is 0. The second kappa shape index (κ2) is 13.0. The fraction of sp³-hybridized carbons (Fsp3) is 0.0182. The molecule has 0 bridgehead atoms. The van der Waals surface area contributed by atoms with Crippen LogP contribution in [0, 0.1) is 0 Å². The maximum Gasteiger partial charge on any atom is 0.0731 e. The standard InChI is InChI=1S/C55H37N/c1-4-17-38(18-5-1)39-31-34-43(35-32-39)56(42-21-8-3-9-22-42)53-37-41(33-36-44(53)40-19-6-2-7-20-40)45-26-16-27-49-48-25-12-15-30-52(48)55(54(45)49)50-28-13-10-23-46(50)47-24-11-14-29-51(47)55/h1-37H. The topological polar surface area (TPSA) is 3.24 Å². The Kier molecular flexibility index (Phi) is 7.47. The van der Waals surface area contributed by atoms with Crippen molar-refractivity contribution >= 4 is 17.1 Å². The number of hydrogen-bond donors (Lipinski definition) is 0. The molecule has 2 aliphatic carbocycles. The first-order valence-electron chi connectivity index (χ1n) is 19.4. The minimum atomic E-state index is -0.444. The van der Waals surface area contributed by atoms with E-state index in [0.29, 0.717) is 0 Å². The molecule has 0 saturated heterocycles. The van der Waals surface area contributed by atoms with Crippen molar-refractivity contribution in [2.24, 2.45) is 0 Å². The first kappa shape index (κ1) is 32.2. The monoisotopic (exact) mass is 711 g/mol. The Hall–Kier alpha value is -7.22. The Labute approximate surface area is 328 Å². The van der Waals surface area contributed by atoms with E-state index in [4.69, 9.17) is 0 Å². The molecule has 0 atom stereocenters. The van der Waals surface area contributed by atoms with Gasteiger partial charge in [-0.15, -0.1) is 0 Å². The molecule has 0 aromatic heterocycles. The second-order valence-electron chi connectivity index (χ2n) is 14.8. The van der Waals surface area contributed by atoms with Crippen LogP contribution < -0.4 is 4.90 Å². The number of hydrogen-bond acceptors (Lipinski definition) is 1. The third-order valence-electron chi connectivity index (χ3n) is 11.9. The van der Waals surface area contributed by atoms with Crippen molar-refractivity contribution in [2.75, 3.05) is 4.90 Å². The van der Waals surface area contributed by atoms with Gasteiger partial charge in [0.1, 0.15) is 0 Å². The number of benzene rings is 9. The molecule has 0 fully saturated rings. The van der Waals surface area contributed by atoms with Crippen LogP contribution >= 0.6 is 0 Å². The molecule has 1 heteroatoms. The van der Waals surface area contributed by atoms with Crippen molar-refractivity contribution in [1.82, 2.24) is 0 Å². The van der Waals surface area contributed by atoms with Crippen molar-refractivity contribution in [3.05, 3.63) is 247 Å². The van der Waals surface area contributed by atoms with E-state index in [1.807, 2.05) is 0 Å². The van der Waals surface area contributed by atoms with Crippen molar-refractivity contribution < 1.29 is 0 Å². The predicted octanol–water partition coefficient (Wildman–Crippen LogP) is 14.5. The number of para-hydroxylation sites is 1. The normalized spacial score (nSPS) is 12.8. The van der Waals surface area contributed by atoms with Crippen molar-refractivity contribution in [2.45, 2.75) is 5.41 Å². The zero-order valence-corrected chi connectivity index (χ0v) is 30.8. The van der Waals surface area contributed by atoms with Crippen molar-refractivity contribution in [3.63, 3.8) is 0 Å². The Morgan fingerprint density at radius 2 is 0.696 bits per heavy atom. The van der Waals surface area contributed by atoms with Crippen LogP contribution in [0.3, 0.4) is 0 Å². The zero-order chi connectivity index (χ0) is 37.1. The first-order valence-corrected chi connectivity index (χ1v) is 19.4. The van der Waals surface area contributed by atoms with Gasteiger partial charge in [-0.2, -0.15) is 0 Å². The lowest BCUT2D eigenvalue weighted by molar-refractivity contribution is 0.796. The summed E-state index contributed by atoms with van der Waals surface area (Å²) in [6, 6.07) is 82.4. The van der Waals surface area contributed by atoms with Crippen LogP contribution in [0.2, 0.25) is 0 Å². The lowest BCUT2D eigenvalue weighted by Crippen LogP contribution is -2.26. The highest BCUT2D eigenvalue weighted by Crippen LogP contribution is 2.64. The van der Waals surface area contributed by atoms with Gasteiger partial charge in [0.2, 0.25) is 0 Å². The number of anilines is 3. The molecule has 2 aliphatic rings. The van der Waals surface area contributed by atoms with Crippen LogP contribution in [0.1, 0.15) is 22.3 Å². The maximum absolute atomic E-state index is 2.43. The summed E-state index contributed by atoms with van der Waals surface area (Å²) in [7, 11) is 0. The molecule has 11 rings (SSSR count). The highest BCUT2D eigenvalue weighted by molar-refractivity contribution is 6.00. The molecule has 0 radical (unpaired) electrons. The summed E-state index contributed by atoms with van der Waals surface area (Å²) < 4.78 is 0. The van der Waals surface area contributed by atoms with Gasteiger partial charge in [-0.1, -0.05) is 194 Å². The fourth-order valence-corrected chi connectivity index (χ4v) is 9.58. The Morgan fingerprint density at radius 1 is 0.268 bits per heavy atom. The highest BCUT2D eigenvalue weighted by atomic mass is 15.1. The van der Waals surface area contributed by atoms with Crippen LogP contribution in [0.5, 0.6) is 0 Å². The minimum absolute atomic E-state index is 0.444. The highest BCUT2D eigenvalue weighted by Gasteiger charge is 2.52. The molecular weight excluding hydrogens is 675 g/mol. The molecule has 56 heavy (non-hydrogen) atoms. The second-order valence-corrected chi connectivity index (χ2v) is 14.8. The summed E-state index contributed by atoms with van der Waals surface area (Å²) in [4.78, 5) is 2.43. The van der Waals surface area contributed by atoms with E-state index in [0.717, 1.165) is 17.1 Å². The number of fused-ring (bicyclic) bond motifs is 10. The largest absolute Gasteiger partial charge is 0.310 e. The lowest BCUT2D eigenvalue weighted by atomic mass is 9.68. The Bertz CT molecular complexity index is 2830. The molecule has 0 heterocycles. The Balaban J connectivity index is 1.18. The van der Waals surface area contributed by atoms with Gasteiger partial charge in [0.25, 0.3) is 0 Å². The van der Waals surface area contributed by atoms with E-state index in [1.54, 1.807) is 0 Å². The lowest BCUT2D eigenvalue weighted by Gasteiger charge is -2.33. The third-order valence-corrected chi connectivity index (χ3v) is 11.9. The van der Waals surface area contributed by atoms with Crippen LogP contribution in [-0.2, 0) is 5.41 Å². The van der Waals surface area contributed by atoms with Gasteiger partial charge < -0.3 is 4.90 Å². The molecule has 0 aliphatic heterocycles. The maximum atomic E-state index is 2.43. The summed E-state index contributed by atoms with van der Waals surface area (Å²) in [5, 5.41) is 0. The van der Waals surface area contributed by atoms with Crippen LogP contribution in [0.4, 0.5) is 17.1 Å². The van der Waals surface area contributed by atoms with E-state index < -0.39 is 5.41 Å². The van der Waals surface area contributed by atoms with E-state index in [9.17, 15) is 0 Å². The predicted molar refractivity (Wildman–Crippen MR) is 234 cm³/mol. The summed E-state index contributed by atoms with van der Waals surface area (Å²) in [5.41, 5.74) is 20.7. The van der Waals surface area contributed by atoms with Gasteiger partial charge in [0, 0.05) is 16.9 Å². The van der Waals surface area contributed by atoms with Crippen LogP contribution in [0.15, 0.2) is 224 Å². The van der Waals surface area contributed by atoms with E-state index in [1.165, 1.54) is 77.9 Å². The van der Waals surface area contributed by atoms with Gasteiger partial charge in [-0.3, -0.25) is 0 Å². The van der Waals surface area contributed by atoms with Gasteiger partial charge in [-0.05, 0) is 103 Å². The quantitative estimate of drug-likeness (QED) is 0.166. The van der Waals surface area contributed by atoms with Gasteiger partial charge >= 0.3 is 0 Å². The van der Waals surface area contributed by atoms with Crippen LogP contribution in [-0.4, -0.2) is 0 Å². The minimum Gasteiger partial charge on any atom is -0.310 e. The average Bonchev–Trinajstić information content (AvgIpc) is 3.75. The SMILES string of the molecule is c1ccc(-c2ccc(N(c3ccccc3)c3cc(-c4cccc5c4C4(c6ccccc6-c6ccccc64)c4ccccc4-5)ccc3-c3ccccc3)cc2)cc1. The summed E-state index contributed by atoms with van der Waals surface area (Å²) in [6.07, 6.45) is 0. The summed E-state index contributed by atoms with van der Waals surface area (Å²) in [6.45, 7) is 0. The van der Waals surface area contributed by atoms with Gasteiger partial charge in [0.15, 0.2) is 0 Å². The van der Waals surface area contributed by atoms with Gasteiger partial charge in [-0.25, -0.2) is 0 Å². The molecule has 9 aromatic carbocycles. The molecular formula is C55H37N. The number of nitrogens with zero attached hydrogens (tertiary/aromatic N) is 1. The van der Waals surface area contributed by atoms with Crippen LogP contribution in [0.25, 0.3) is 55.6 Å². The molecule has 0 unspecified atom stereocenters. The first-order chi connectivity index (χ1) is 27.8. The average molecular weight is 712 g/mol. The molecule has 0 N–H and O–H groups in total. The Morgan fingerprint density at radius 3 is 1.30 bits per heavy atom. The summed E-state index contributed by atoms with van der Waals surface area (Å²) in [5.74, 6) is 0. The number of rotatable bonds is 6. The zero-order valence-electron chi connectivity index (χ0n) is 30.8. The van der Waals surface area contributed by atoms with Crippen molar-refractivity contribution in [1.29, 1.82) is 0 Å². The smallest absolute Gasteiger partial charge is 0.0731 e. The molecule has 1 nitrogen and oxygen atoms in total. The van der Waals surface area contributed by atoms with E-state index in [2.05, 4.69) is 229 Å². The molecule has 9 aromatic rings. The molecule has 0 amide bonds. The molecule has 262 valence electrons. The van der Waals surface area contributed by atoms with E-state index in [-0.39, 0.29) is 0 Å². The third kappa shape index (κ3) is 4.81. The van der Waals surface area contributed by atoms with Gasteiger partial charge in [0.05, 0.1) is 11.1 Å². The van der Waals surface area contributed by atoms with E-state index >= 15 is 0 Å².